The second kappa shape index (κ2) is 12.0. The number of halogens is 3. The van der Waals surface area contributed by atoms with Crippen LogP contribution < -0.4 is 4.90 Å². The van der Waals surface area contributed by atoms with Crippen LogP contribution in [-0.2, 0) is 4.79 Å². The highest BCUT2D eigenvalue weighted by Crippen LogP contribution is 2.45. The topological polar surface area (TPSA) is 110 Å². The molecule has 2 aromatic carbocycles. The largest absolute Gasteiger partial charge is 0.351 e. The van der Waals surface area contributed by atoms with E-state index in [9.17, 15) is 10.1 Å². The van der Waals surface area contributed by atoms with Crippen molar-refractivity contribution in [3.8, 4) is 29.0 Å². The molecular formula is C34H32Cl2FN9O. The van der Waals surface area contributed by atoms with Crippen LogP contribution >= 0.6 is 23.2 Å². The third-order valence-corrected chi connectivity index (χ3v) is 10.3. The fourth-order valence-corrected chi connectivity index (χ4v) is 7.53. The van der Waals surface area contributed by atoms with E-state index in [4.69, 9.17) is 33.2 Å². The molecule has 2 aliphatic heterocycles. The molecular weight excluding hydrogens is 640 g/mol. The average Bonchev–Trinajstić information content (AvgIpc) is 3.66. The number of benzene rings is 2. The van der Waals surface area contributed by atoms with Gasteiger partial charge in [0, 0.05) is 64.7 Å². The molecule has 5 heterocycles. The molecule has 0 saturated carbocycles. The van der Waals surface area contributed by atoms with Crippen LogP contribution in [-0.4, -0.2) is 86.3 Å². The van der Waals surface area contributed by atoms with Crippen molar-refractivity contribution < 1.29 is 9.18 Å². The van der Waals surface area contributed by atoms with Crippen LogP contribution in [0.25, 0.3) is 44.0 Å². The summed E-state index contributed by atoms with van der Waals surface area (Å²) in [5, 5.41) is 18.6. The molecule has 0 spiro atoms. The number of fused-ring (bicyclic) bond motifs is 4. The first-order valence-electron chi connectivity index (χ1n) is 15.4. The van der Waals surface area contributed by atoms with Gasteiger partial charge in [-0.05, 0) is 64.4 Å². The number of imidazole rings is 1. The smallest absolute Gasteiger partial charge is 0.298 e. The molecule has 5 aromatic rings. The predicted octanol–water partition coefficient (Wildman–Crippen LogP) is 6.10. The summed E-state index contributed by atoms with van der Waals surface area (Å²) < 4.78 is 19.2. The van der Waals surface area contributed by atoms with Crippen molar-refractivity contribution >= 4 is 67.8 Å². The molecule has 47 heavy (non-hydrogen) atoms. The molecule has 2 atom stereocenters. The molecule has 3 aromatic heterocycles. The lowest BCUT2D eigenvalue weighted by Gasteiger charge is -2.43. The number of nitrogens with one attached hydrogen (secondary N) is 1. The lowest BCUT2D eigenvalue weighted by Crippen LogP contribution is -2.57. The fraction of sp³-hybridized carbons (Fsp3) is 0.382. The minimum Gasteiger partial charge on any atom is -0.351 e. The number of hydrogen-bond acceptors (Lipinski definition) is 7. The zero-order valence-corrected chi connectivity index (χ0v) is 27.9. The molecule has 10 nitrogen and oxygen atoms in total. The number of pyridine rings is 1. The minimum atomic E-state index is -0.554. The predicted molar refractivity (Wildman–Crippen MR) is 182 cm³/mol. The summed E-state index contributed by atoms with van der Waals surface area (Å²) in [6, 6.07) is 5.68. The van der Waals surface area contributed by atoms with Crippen LogP contribution in [0.2, 0.25) is 10.0 Å². The number of hydrogen-bond donors (Lipinski definition) is 1. The monoisotopic (exact) mass is 671 g/mol. The molecule has 1 N–H and O–H groups in total. The fourth-order valence-electron chi connectivity index (χ4n) is 7.04. The van der Waals surface area contributed by atoms with Crippen molar-refractivity contribution in [3.63, 3.8) is 0 Å². The Hall–Kier alpha value is -4.42. The van der Waals surface area contributed by atoms with Gasteiger partial charge in [-0.3, -0.25) is 9.89 Å². The van der Waals surface area contributed by atoms with Gasteiger partial charge >= 0.3 is 0 Å². The second-order valence-corrected chi connectivity index (χ2v) is 13.3. The summed E-state index contributed by atoms with van der Waals surface area (Å²) in [5.41, 5.74) is 3.67. The highest BCUT2D eigenvalue weighted by molar-refractivity contribution is 6.36. The van der Waals surface area contributed by atoms with E-state index in [-0.39, 0.29) is 40.5 Å². The van der Waals surface area contributed by atoms with Gasteiger partial charge in [0.2, 0.25) is 0 Å². The number of H-pyrrole nitrogens is 1. The first-order chi connectivity index (χ1) is 22.6. The Morgan fingerprint density at radius 2 is 1.96 bits per heavy atom. The number of nitrogens with zero attached hydrogens (tertiary/aromatic N) is 8. The number of nitriles is 1. The van der Waals surface area contributed by atoms with E-state index >= 15 is 4.39 Å². The van der Waals surface area contributed by atoms with Crippen LogP contribution in [0.1, 0.15) is 37.8 Å². The van der Waals surface area contributed by atoms with Crippen molar-refractivity contribution in [2.75, 3.05) is 38.6 Å². The maximum Gasteiger partial charge on any atom is 0.298 e. The van der Waals surface area contributed by atoms with Gasteiger partial charge in [0.05, 0.1) is 41.1 Å². The molecule has 0 aliphatic carbocycles. The Labute approximate surface area is 281 Å². The van der Waals surface area contributed by atoms with Gasteiger partial charge in [-0.25, -0.2) is 14.4 Å². The number of carbonyl (C=O) groups is 1. The zero-order valence-electron chi connectivity index (χ0n) is 26.4. The van der Waals surface area contributed by atoms with Crippen molar-refractivity contribution in [2.45, 2.75) is 51.2 Å². The summed E-state index contributed by atoms with van der Waals surface area (Å²) in [7, 11) is 4.08. The zero-order chi connectivity index (χ0) is 33.1. The number of piperidine rings is 1. The van der Waals surface area contributed by atoms with Crippen molar-refractivity contribution in [3.05, 3.63) is 46.1 Å². The van der Waals surface area contributed by atoms with Gasteiger partial charge < -0.3 is 19.3 Å². The van der Waals surface area contributed by atoms with E-state index in [1.165, 1.54) is 0 Å². The van der Waals surface area contributed by atoms with Crippen LogP contribution in [0, 0.1) is 35.9 Å². The summed E-state index contributed by atoms with van der Waals surface area (Å²) in [6.07, 6.45) is 4.73. The SMILES string of the molecule is CC#CC(=O)N1CC[C@H](n2cnc3c(N4CC(N(C)C)C4)nc4c(F)c(-c5c(C)c(Cl)cc6[nH]ncc56)c(Cl)cc4c32)C[C@H]1CC#N. The first kappa shape index (κ1) is 31.2. The highest BCUT2D eigenvalue weighted by Gasteiger charge is 2.36. The van der Waals surface area contributed by atoms with E-state index in [0.29, 0.717) is 69.2 Å². The molecule has 2 aliphatic rings. The van der Waals surface area contributed by atoms with Gasteiger partial charge in [-0.15, -0.1) is 0 Å². The van der Waals surface area contributed by atoms with Gasteiger partial charge in [-0.1, -0.05) is 29.1 Å². The van der Waals surface area contributed by atoms with Crippen LogP contribution in [0.5, 0.6) is 0 Å². The van der Waals surface area contributed by atoms with Gasteiger partial charge in [-0.2, -0.15) is 10.4 Å². The van der Waals surface area contributed by atoms with Crippen molar-refractivity contribution in [2.24, 2.45) is 0 Å². The van der Waals surface area contributed by atoms with E-state index in [2.05, 4.69) is 42.5 Å². The van der Waals surface area contributed by atoms with Crippen LogP contribution in [0.3, 0.4) is 0 Å². The second-order valence-electron chi connectivity index (χ2n) is 12.5. The summed E-state index contributed by atoms with van der Waals surface area (Å²) in [6.45, 7) is 5.34. The third-order valence-electron chi connectivity index (χ3n) is 9.66. The first-order valence-corrected chi connectivity index (χ1v) is 16.2. The average molecular weight is 673 g/mol. The summed E-state index contributed by atoms with van der Waals surface area (Å²) >= 11 is 13.6. The lowest BCUT2D eigenvalue weighted by molar-refractivity contribution is -0.129. The molecule has 2 fully saturated rings. The quantitative estimate of drug-likeness (QED) is 0.225. The number of amides is 1. The number of likely N-dealkylation sites (tertiary alicyclic amines) is 1. The van der Waals surface area contributed by atoms with Gasteiger partial charge in [0.15, 0.2) is 11.6 Å². The Kier molecular flexibility index (Phi) is 7.96. The maximum absolute atomic E-state index is 17.1. The molecule has 0 unspecified atom stereocenters. The van der Waals surface area contributed by atoms with E-state index in [1.807, 2.05) is 21.0 Å². The van der Waals surface area contributed by atoms with Crippen molar-refractivity contribution in [1.29, 1.82) is 5.26 Å². The molecule has 0 bridgehead atoms. The number of aromatic amines is 1. The van der Waals surface area contributed by atoms with E-state index < -0.39 is 5.82 Å². The molecule has 0 radical (unpaired) electrons. The minimum absolute atomic E-state index is 0.108. The Morgan fingerprint density at radius 1 is 1.17 bits per heavy atom. The Bertz CT molecular complexity index is 2180. The molecule has 7 rings (SSSR count). The number of anilines is 1. The van der Waals surface area contributed by atoms with Crippen LogP contribution in [0.15, 0.2) is 24.7 Å². The van der Waals surface area contributed by atoms with Crippen molar-refractivity contribution in [1.82, 2.24) is 34.5 Å². The Morgan fingerprint density at radius 3 is 2.68 bits per heavy atom. The summed E-state index contributed by atoms with van der Waals surface area (Å²) in [5.74, 6) is 5.06. The number of carbonyl (C=O) groups excluding carboxylic acids is 1. The maximum atomic E-state index is 17.1. The molecule has 240 valence electrons. The standard InChI is InChI=1S/C34H32Cl2FN9O/c1-5-6-27(47)45-10-8-20(11-19(45)7-9-38)46-17-39-32-33(46)22-12-25(36)29(28-18(2)24(35)13-26-23(28)14-40-42-26)30(37)31(22)41-34(32)44-15-21(16-44)43(3)4/h12-14,17,19-21H,7-8,10-11,15-16H2,1-4H3,(H,40,42)/t19-,20+/m1/s1. The Balaban J connectivity index is 1.43. The highest BCUT2D eigenvalue weighted by atomic mass is 35.5. The third kappa shape index (κ3) is 5.05. The van der Waals surface area contributed by atoms with Gasteiger partial charge in [0.25, 0.3) is 5.91 Å². The van der Waals surface area contributed by atoms with Crippen LogP contribution in [0.4, 0.5) is 10.2 Å². The number of rotatable bonds is 5. The lowest BCUT2D eigenvalue weighted by atomic mass is 9.93. The number of aromatic nitrogens is 5. The molecule has 13 heteroatoms. The molecule has 1 amide bonds. The normalized spacial score (nSPS) is 18.5. The molecule has 2 saturated heterocycles. The van der Waals surface area contributed by atoms with E-state index in [1.54, 1.807) is 36.5 Å². The van der Waals surface area contributed by atoms with E-state index in [0.717, 1.165) is 18.6 Å². The number of likely N-dealkylation sites (N-methyl/N-ethyl adjacent to an activating group) is 1. The summed E-state index contributed by atoms with van der Waals surface area (Å²) in [4.78, 5) is 28.6. The van der Waals surface area contributed by atoms with Gasteiger partial charge in [0.1, 0.15) is 11.0 Å².